The second-order valence-electron chi connectivity index (χ2n) is 13.3. The number of nitrogens with zero attached hydrogens (tertiary/aromatic N) is 4. The van der Waals surface area contributed by atoms with Crippen molar-refractivity contribution in [3.05, 3.63) is 181 Å². The number of benzene rings is 8. The molecule has 0 unspecified atom stereocenters. The van der Waals surface area contributed by atoms with Gasteiger partial charge in [0.2, 0.25) is 0 Å². The Morgan fingerprint density at radius 2 is 0.759 bits per heavy atom. The van der Waals surface area contributed by atoms with Gasteiger partial charge in [-0.1, -0.05) is 146 Å². The molecule has 0 bridgehead atoms. The molecule has 0 N–H and O–H groups in total. The van der Waals surface area contributed by atoms with E-state index in [9.17, 15) is 8.78 Å². The number of fused-ring (bicyclic) bond motifs is 8. The average Bonchev–Trinajstić information content (AvgIpc) is 3.24. The van der Waals surface area contributed by atoms with Crippen LogP contribution >= 0.6 is 0 Å². The number of rotatable bonds is 5. The van der Waals surface area contributed by atoms with E-state index in [2.05, 4.69) is 54.6 Å². The van der Waals surface area contributed by atoms with Crippen LogP contribution in [0.5, 0.6) is 0 Å². The van der Waals surface area contributed by atoms with Gasteiger partial charge in [0, 0.05) is 38.4 Å². The van der Waals surface area contributed by atoms with Gasteiger partial charge in [-0.2, -0.15) is 0 Å². The molecule has 4 nitrogen and oxygen atoms in total. The molecule has 0 saturated carbocycles. The first kappa shape index (κ1) is 31.5. The number of hydrogen-bond acceptors (Lipinski definition) is 4. The van der Waals surface area contributed by atoms with Crippen LogP contribution in [0.15, 0.2) is 170 Å². The van der Waals surface area contributed by atoms with Crippen molar-refractivity contribution in [3.63, 3.8) is 0 Å². The van der Waals surface area contributed by atoms with Gasteiger partial charge in [0.15, 0.2) is 29.1 Å². The van der Waals surface area contributed by atoms with Gasteiger partial charge in [0.05, 0.1) is 11.2 Å². The number of halogens is 2. The lowest BCUT2D eigenvalue weighted by Gasteiger charge is -2.17. The van der Waals surface area contributed by atoms with E-state index in [4.69, 9.17) is 19.9 Å². The first-order valence-electron chi connectivity index (χ1n) is 17.7. The largest absolute Gasteiger partial charge is 0.247 e. The van der Waals surface area contributed by atoms with Gasteiger partial charge in [0.25, 0.3) is 0 Å². The molecule has 0 fully saturated rings. The van der Waals surface area contributed by atoms with Gasteiger partial charge >= 0.3 is 0 Å². The molecule has 254 valence electrons. The molecule has 10 aromatic rings. The summed E-state index contributed by atoms with van der Waals surface area (Å²) < 4.78 is 29.0. The highest BCUT2D eigenvalue weighted by atomic mass is 19.2. The van der Waals surface area contributed by atoms with Gasteiger partial charge in [-0.3, -0.25) is 0 Å². The van der Waals surface area contributed by atoms with E-state index in [1.54, 1.807) is 6.07 Å². The Morgan fingerprint density at radius 1 is 0.296 bits per heavy atom. The molecule has 0 atom stereocenters. The summed E-state index contributed by atoms with van der Waals surface area (Å²) in [6.07, 6.45) is 0. The summed E-state index contributed by atoms with van der Waals surface area (Å²) in [5.74, 6) is -0.0146. The summed E-state index contributed by atoms with van der Waals surface area (Å²) in [4.78, 5) is 19.8. The van der Waals surface area contributed by atoms with Crippen LogP contribution < -0.4 is 0 Å². The van der Waals surface area contributed by atoms with Crippen LogP contribution in [0.2, 0.25) is 0 Å². The normalized spacial score (nSPS) is 11.5. The second-order valence-corrected chi connectivity index (χ2v) is 13.3. The molecule has 0 saturated heterocycles. The van der Waals surface area contributed by atoms with Gasteiger partial charge in [-0.25, -0.2) is 28.7 Å². The van der Waals surface area contributed by atoms with E-state index in [0.29, 0.717) is 28.7 Å². The van der Waals surface area contributed by atoms with Crippen LogP contribution in [0.3, 0.4) is 0 Å². The molecule has 0 aliphatic heterocycles. The van der Waals surface area contributed by atoms with Crippen molar-refractivity contribution < 1.29 is 8.78 Å². The fourth-order valence-corrected chi connectivity index (χ4v) is 7.46. The minimum Gasteiger partial charge on any atom is -0.247 e. The summed E-state index contributed by atoms with van der Waals surface area (Å²) >= 11 is 0. The van der Waals surface area contributed by atoms with Crippen molar-refractivity contribution in [1.29, 1.82) is 0 Å². The molecule has 2 heterocycles. The van der Waals surface area contributed by atoms with Crippen LogP contribution in [-0.2, 0) is 0 Å². The number of aromatic nitrogens is 4. The van der Waals surface area contributed by atoms with Crippen molar-refractivity contribution in [3.8, 4) is 56.5 Å². The summed E-state index contributed by atoms with van der Waals surface area (Å²) in [5, 5.41) is 7.17. The molecule has 54 heavy (non-hydrogen) atoms. The maximum Gasteiger partial charge on any atom is 0.164 e. The van der Waals surface area contributed by atoms with Crippen LogP contribution in [0.1, 0.15) is 0 Å². The second kappa shape index (κ2) is 12.8. The van der Waals surface area contributed by atoms with E-state index < -0.39 is 11.6 Å². The zero-order valence-electron chi connectivity index (χ0n) is 28.7. The smallest absolute Gasteiger partial charge is 0.164 e. The van der Waals surface area contributed by atoms with Crippen LogP contribution in [-0.4, -0.2) is 19.9 Å². The molecule has 0 amide bonds. The monoisotopic (exact) mass is 698 g/mol. The Morgan fingerprint density at radius 3 is 1.33 bits per heavy atom. The SMILES string of the molecule is Fc1ccc(-c2nc3cc(-c4ccc(-c5nc(-c6ccccc6)nc(-c6ccccc6)n5)cc4)ccc3c3c4ccccc4c4ccccc4c23)cc1F. The molecule has 0 aliphatic rings. The van der Waals surface area contributed by atoms with Crippen molar-refractivity contribution in [1.82, 2.24) is 19.9 Å². The molecule has 0 spiro atoms. The van der Waals surface area contributed by atoms with Crippen molar-refractivity contribution in [2.45, 2.75) is 0 Å². The van der Waals surface area contributed by atoms with Crippen molar-refractivity contribution >= 4 is 43.2 Å². The van der Waals surface area contributed by atoms with Crippen molar-refractivity contribution in [2.75, 3.05) is 0 Å². The van der Waals surface area contributed by atoms with E-state index in [1.807, 2.05) is 97.1 Å². The predicted molar refractivity (Wildman–Crippen MR) is 215 cm³/mol. The summed E-state index contributed by atoms with van der Waals surface area (Å²) in [7, 11) is 0. The third-order valence-corrected chi connectivity index (χ3v) is 10.0. The van der Waals surface area contributed by atoms with Crippen LogP contribution in [0.4, 0.5) is 8.78 Å². The van der Waals surface area contributed by atoms with Crippen molar-refractivity contribution in [2.24, 2.45) is 0 Å². The minimum absolute atomic E-state index is 0.512. The highest BCUT2D eigenvalue weighted by Gasteiger charge is 2.19. The first-order valence-corrected chi connectivity index (χ1v) is 17.7. The van der Waals surface area contributed by atoms with E-state index in [0.717, 1.165) is 71.0 Å². The van der Waals surface area contributed by atoms with Crippen LogP contribution in [0, 0.1) is 11.6 Å². The quantitative estimate of drug-likeness (QED) is 0.168. The van der Waals surface area contributed by atoms with Gasteiger partial charge in [0.1, 0.15) is 0 Å². The Balaban J connectivity index is 1.14. The van der Waals surface area contributed by atoms with E-state index >= 15 is 0 Å². The Bertz CT molecular complexity index is 3000. The van der Waals surface area contributed by atoms with Crippen LogP contribution in [0.25, 0.3) is 99.8 Å². The lowest BCUT2D eigenvalue weighted by atomic mass is 9.89. The number of pyridine rings is 1. The Hall–Kier alpha value is -7.18. The highest BCUT2D eigenvalue weighted by Crippen LogP contribution is 2.43. The molecule has 0 radical (unpaired) electrons. The Labute approximate surface area is 309 Å². The maximum atomic E-state index is 14.8. The van der Waals surface area contributed by atoms with E-state index in [1.165, 1.54) is 12.1 Å². The summed E-state index contributed by atoms with van der Waals surface area (Å²) in [6.45, 7) is 0. The summed E-state index contributed by atoms with van der Waals surface area (Å²) in [5.41, 5.74) is 6.50. The third-order valence-electron chi connectivity index (χ3n) is 10.0. The molecule has 10 rings (SSSR count). The molecule has 8 aromatic carbocycles. The Kier molecular flexibility index (Phi) is 7.47. The fraction of sp³-hybridized carbons (Fsp3) is 0. The van der Waals surface area contributed by atoms with E-state index in [-0.39, 0.29) is 0 Å². The number of hydrogen-bond donors (Lipinski definition) is 0. The maximum absolute atomic E-state index is 14.8. The zero-order chi connectivity index (χ0) is 36.2. The molecule has 0 aliphatic carbocycles. The topological polar surface area (TPSA) is 51.6 Å². The summed E-state index contributed by atoms with van der Waals surface area (Å²) in [6, 6.07) is 54.9. The minimum atomic E-state index is -0.911. The average molecular weight is 699 g/mol. The third kappa shape index (κ3) is 5.35. The molecular formula is C48H28F2N4. The predicted octanol–water partition coefficient (Wildman–Crippen LogP) is 12.5. The van der Waals surface area contributed by atoms with Gasteiger partial charge in [-0.15, -0.1) is 0 Å². The zero-order valence-corrected chi connectivity index (χ0v) is 28.7. The first-order chi connectivity index (χ1) is 26.6. The standard InChI is InChI=1S/C48H28F2N4/c49-40-26-24-34(27-41(40)50)45-44-38-18-10-8-16-36(38)35-15-7-9-17-37(35)43(44)39-25-23-33(28-42(39)51-45)29-19-21-32(22-20-29)48-53-46(30-11-3-1-4-12-30)52-47(54-48)31-13-5-2-6-14-31/h1-28H. The molecule has 2 aromatic heterocycles. The molecule has 6 heteroatoms. The lowest BCUT2D eigenvalue weighted by molar-refractivity contribution is 0.509. The molecular weight excluding hydrogens is 671 g/mol. The fourth-order valence-electron chi connectivity index (χ4n) is 7.46. The lowest BCUT2D eigenvalue weighted by Crippen LogP contribution is -2.00. The highest BCUT2D eigenvalue weighted by molar-refractivity contribution is 6.33. The van der Waals surface area contributed by atoms with Gasteiger partial charge < -0.3 is 0 Å². The van der Waals surface area contributed by atoms with Gasteiger partial charge in [-0.05, 0) is 56.9 Å².